The van der Waals surface area contributed by atoms with Gasteiger partial charge < -0.3 is 10.3 Å². The zero-order valence-electron chi connectivity index (χ0n) is 21.8. The number of aromatic amines is 1. The normalized spacial score (nSPS) is 11.5. The summed E-state index contributed by atoms with van der Waals surface area (Å²) in [6.07, 6.45) is 0. The molecule has 196 valence electrons. The van der Waals surface area contributed by atoms with Gasteiger partial charge >= 0.3 is 0 Å². The largest absolute Gasteiger partial charge is 0.325 e. The quantitative estimate of drug-likeness (QED) is 0.348. The Labute approximate surface area is 222 Å². The zero-order valence-corrected chi connectivity index (χ0v) is 22.6. The van der Waals surface area contributed by atoms with Crippen molar-refractivity contribution in [1.82, 2.24) is 14.3 Å². The van der Waals surface area contributed by atoms with Crippen LogP contribution in [-0.2, 0) is 21.4 Å². The lowest BCUT2D eigenvalue weighted by Gasteiger charge is -2.24. The van der Waals surface area contributed by atoms with E-state index in [1.165, 1.54) is 10.4 Å². The molecule has 1 amide bonds. The summed E-state index contributed by atoms with van der Waals surface area (Å²) in [5.41, 5.74) is 4.37. The number of sulfonamides is 1. The predicted octanol–water partition coefficient (Wildman–Crippen LogP) is 4.50. The summed E-state index contributed by atoms with van der Waals surface area (Å²) in [5, 5.41) is 2.79. The molecule has 1 heterocycles. The van der Waals surface area contributed by atoms with Gasteiger partial charge in [-0.2, -0.15) is 4.31 Å². The fourth-order valence-corrected chi connectivity index (χ4v) is 6.33. The van der Waals surface area contributed by atoms with Gasteiger partial charge in [0, 0.05) is 29.6 Å². The van der Waals surface area contributed by atoms with E-state index in [1.54, 1.807) is 45.0 Å². The van der Waals surface area contributed by atoms with Crippen LogP contribution in [0.2, 0.25) is 0 Å². The molecular formula is C29H30N4O4S. The van der Waals surface area contributed by atoms with Crippen molar-refractivity contribution in [1.29, 1.82) is 0 Å². The molecule has 0 unspecified atom stereocenters. The first-order valence-corrected chi connectivity index (χ1v) is 13.6. The van der Waals surface area contributed by atoms with Crippen LogP contribution < -0.4 is 10.9 Å². The van der Waals surface area contributed by atoms with Gasteiger partial charge in [-0.1, -0.05) is 60.2 Å². The number of carbonyl (C=O) groups excluding carboxylic acids is 1. The third kappa shape index (κ3) is 6.24. The third-order valence-electron chi connectivity index (χ3n) is 6.01. The molecule has 4 aromatic rings. The van der Waals surface area contributed by atoms with Crippen molar-refractivity contribution >= 4 is 21.6 Å². The Balaban J connectivity index is 1.63. The summed E-state index contributed by atoms with van der Waals surface area (Å²) in [4.78, 5) is 32.3. The van der Waals surface area contributed by atoms with E-state index >= 15 is 0 Å². The molecule has 0 spiro atoms. The number of aryl methyl sites for hydroxylation is 4. The molecule has 4 rings (SSSR count). The highest BCUT2D eigenvalue weighted by Gasteiger charge is 2.30. The van der Waals surface area contributed by atoms with Crippen molar-refractivity contribution in [3.05, 3.63) is 111 Å². The molecule has 0 fully saturated rings. The van der Waals surface area contributed by atoms with Crippen LogP contribution in [0.1, 0.15) is 27.9 Å². The lowest BCUT2D eigenvalue weighted by molar-refractivity contribution is -0.116. The molecule has 0 bridgehead atoms. The molecule has 0 aliphatic heterocycles. The molecule has 38 heavy (non-hydrogen) atoms. The zero-order chi connectivity index (χ0) is 27.4. The second-order valence-corrected chi connectivity index (χ2v) is 11.2. The number of H-pyrrole nitrogens is 1. The van der Waals surface area contributed by atoms with Crippen LogP contribution in [-0.4, -0.2) is 35.1 Å². The molecule has 0 saturated heterocycles. The van der Waals surface area contributed by atoms with Gasteiger partial charge in [-0.15, -0.1) is 0 Å². The number of rotatable bonds is 8. The SMILES string of the molecule is Cc1cc(C)c(S(=O)(=O)N(CC(=O)Nc2cccc(-c3nc(C)cc(=O)[nH]3)c2)Cc2ccccc2)c(C)c1. The summed E-state index contributed by atoms with van der Waals surface area (Å²) in [6.45, 7) is 6.84. The highest BCUT2D eigenvalue weighted by atomic mass is 32.2. The number of nitrogens with zero attached hydrogens (tertiary/aromatic N) is 2. The van der Waals surface area contributed by atoms with Gasteiger partial charge in [-0.3, -0.25) is 9.59 Å². The Morgan fingerprint density at radius 3 is 2.26 bits per heavy atom. The van der Waals surface area contributed by atoms with Crippen LogP contribution in [0.15, 0.2) is 82.5 Å². The van der Waals surface area contributed by atoms with Crippen molar-refractivity contribution in [3.8, 4) is 11.4 Å². The maximum atomic E-state index is 13.9. The smallest absolute Gasteiger partial charge is 0.251 e. The van der Waals surface area contributed by atoms with Crippen LogP contribution in [0.3, 0.4) is 0 Å². The Kier molecular flexibility index (Phi) is 7.89. The van der Waals surface area contributed by atoms with E-state index in [2.05, 4.69) is 15.3 Å². The predicted molar refractivity (Wildman–Crippen MR) is 148 cm³/mol. The first-order valence-electron chi connectivity index (χ1n) is 12.1. The Morgan fingerprint density at radius 2 is 1.61 bits per heavy atom. The van der Waals surface area contributed by atoms with Crippen LogP contribution in [0.5, 0.6) is 0 Å². The lowest BCUT2D eigenvalue weighted by atomic mass is 10.1. The second-order valence-electron chi connectivity index (χ2n) is 9.35. The number of amides is 1. The molecule has 0 aliphatic carbocycles. The molecule has 3 aromatic carbocycles. The summed E-state index contributed by atoms with van der Waals surface area (Å²) in [5.74, 6) is -0.112. The van der Waals surface area contributed by atoms with Crippen molar-refractivity contribution in [2.75, 3.05) is 11.9 Å². The summed E-state index contributed by atoms with van der Waals surface area (Å²) >= 11 is 0. The van der Waals surface area contributed by atoms with Gasteiger partial charge in [0.05, 0.1) is 11.4 Å². The van der Waals surface area contributed by atoms with E-state index in [0.717, 1.165) is 11.1 Å². The Bertz CT molecular complexity index is 1620. The minimum absolute atomic E-state index is 0.0395. The standard InChI is InChI=1S/C29H30N4O4S/c1-19-13-20(2)28(21(3)14-19)38(36,37)33(17-23-9-6-5-7-10-23)18-27(35)31-25-12-8-11-24(16-25)29-30-22(4)15-26(34)32-29/h5-16H,17-18H2,1-4H3,(H,31,35)(H,30,32,34). The third-order valence-corrected chi connectivity index (χ3v) is 8.11. The van der Waals surface area contributed by atoms with Gasteiger partial charge in [0.15, 0.2) is 0 Å². The fourth-order valence-electron chi connectivity index (χ4n) is 4.54. The van der Waals surface area contributed by atoms with Crippen LogP contribution in [0.25, 0.3) is 11.4 Å². The summed E-state index contributed by atoms with van der Waals surface area (Å²) < 4.78 is 29.0. The topological polar surface area (TPSA) is 112 Å². The van der Waals surface area contributed by atoms with Crippen LogP contribution in [0, 0.1) is 27.7 Å². The highest BCUT2D eigenvalue weighted by Crippen LogP contribution is 2.27. The van der Waals surface area contributed by atoms with E-state index in [0.29, 0.717) is 33.9 Å². The second kappa shape index (κ2) is 11.1. The minimum Gasteiger partial charge on any atom is -0.325 e. The van der Waals surface area contributed by atoms with Gasteiger partial charge in [-0.05, 0) is 56.5 Å². The van der Waals surface area contributed by atoms with Crippen molar-refractivity contribution in [2.24, 2.45) is 0 Å². The molecular weight excluding hydrogens is 500 g/mol. The maximum Gasteiger partial charge on any atom is 0.251 e. The average Bonchev–Trinajstić information content (AvgIpc) is 2.83. The number of hydrogen-bond donors (Lipinski definition) is 2. The van der Waals surface area contributed by atoms with Gasteiger partial charge in [0.1, 0.15) is 5.82 Å². The number of aromatic nitrogens is 2. The minimum atomic E-state index is -4.00. The van der Waals surface area contributed by atoms with E-state index in [-0.39, 0.29) is 23.5 Å². The average molecular weight is 531 g/mol. The molecule has 0 saturated carbocycles. The van der Waals surface area contributed by atoms with E-state index in [9.17, 15) is 18.0 Å². The van der Waals surface area contributed by atoms with E-state index in [4.69, 9.17) is 0 Å². The molecule has 8 nitrogen and oxygen atoms in total. The maximum absolute atomic E-state index is 13.9. The van der Waals surface area contributed by atoms with Gasteiger partial charge in [-0.25, -0.2) is 13.4 Å². The van der Waals surface area contributed by atoms with Crippen LogP contribution in [0.4, 0.5) is 5.69 Å². The van der Waals surface area contributed by atoms with E-state index in [1.807, 2.05) is 49.4 Å². The van der Waals surface area contributed by atoms with Crippen LogP contribution >= 0.6 is 0 Å². The number of anilines is 1. The summed E-state index contributed by atoms with van der Waals surface area (Å²) in [6, 6.07) is 21.1. The fraction of sp³-hybridized carbons (Fsp3) is 0.207. The first kappa shape index (κ1) is 27.0. The molecule has 0 radical (unpaired) electrons. The van der Waals surface area contributed by atoms with Gasteiger partial charge in [0.2, 0.25) is 15.9 Å². The first-order chi connectivity index (χ1) is 18.0. The molecule has 0 aliphatic rings. The monoisotopic (exact) mass is 530 g/mol. The highest BCUT2D eigenvalue weighted by molar-refractivity contribution is 7.89. The Hall–Kier alpha value is -4.08. The molecule has 9 heteroatoms. The number of carbonyl (C=O) groups is 1. The lowest BCUT2D eigenvalue weighted by Crippen LogP contribution is -2.38. The number of hydrogen-bond acceptors (Lipinski definition) is 5. The molecule has 2 N–H and O–H groups in total. The number of nitrogens with one attached hydrogen (secondary N) is 2. The molecule has 0 atom stereocenters. The Morgan fingerprint density at radius 1 is 0.921 bits per heavy atom. The van der Waals surface area contributed by atoms with Crippen molar-refractivity contribution in [3.63, 3.8) is 0 Å². The van der Waals surface area contributed by atoms with Gasteiger partial charge in [0.25, 0.3) is 5.56 Å². The number of benzene rings is 3. The molecule has 1 aromatic heterocycles. The van der Waals surface area contributed by atoms with E-state index < -0.39 is 15.9 Å². The van der Waals surface area contributed by atoms with Crippen molar-refractivity contribution in [2.45, 2.75) is 39.1 Å². The summed E-state index contributed by atoms with van der Waals surface area (Å²) in [7, 11) is -4.00. The van der Waals surface area contributed by atoms with Crippen molar-refractivity contribution < 1.29 is 13.2 Å².